The molecule has 0 N–H and O–H groups in total. The van der Waals surface area contributed by atoms with Gasteiger partial charge in [-0.25, -0.2) is 4.99 Å². The molecular weight excluding hydrogens is 352 g/mol. The summed E-state index contributed by atoms with van der Waals surface area (Å²) in [7, 11) is 0. The molecule has 0 amide bonds. The van der Waals surface area contributed by atoms with Crippen LogP contribution < -0.4 is 9.54 Å². The van der Waals surface area contributed by atoms with E-state index in [0.717, 1.165) is 27.6 Å². The van der Waals surface area contributed by atoms with E-state index in [9.17, 15) is 0 Å². The highest BCUT2D eigenvalue weighted by Gasteiger charge is 2.09. The standard InChI is InChI=1S/C23H20N2OS/c1-2-26-21-15-13-19(14-16-21)24-23-25(20-11-7-4-8-12-20)22(17-27-23)18-9-5-3-6-10-18/h3-17H,2H2,1H3. The molecule has 0 aliphatic carbocycles. The lowest BCUT2D eigenvalue weighted by Gasteiger charge is -2.09. The number of benzene rings is 3. The van der Waals surface area contributed by atoms with Gasteiger partial charge in [0.15, 0.2) is 4.80 Å². The van der Waals surface area contributed by atoms with E-state index in [1.807, 2.05) is 43.3 Å². The van der Waals surface area contributed by atoms with Crippen LogP contribution in [-0.2, 0) is 0 Å². The first kappa shape index (κ1) is 17.3. The minimum absolute atomic E-state index is 0.663. The second kappa shape index (κ2) is 8.06. The molecule has 0 aliphatic rings. The fourth-order valence-electron chi connectivity index (χ4n) is 2.92. The number of rotatable bonds is 5. The summed E-state index contributed by atoms with van der Waals surface area (Å²) >= 11 is 1.64. The quantitative estimate of drug-likeness (QED) is 0.432. The summed E-state index contributed by atoms with van der Waals surface area (Å²) < 4.78 is 7.73. The highest BCUT2D eigenvalue weighted by molar-refractivity contribution is 7.07. The van der Waals surface area contributed by atoms with Gasteiger partial charge in [-0.3, -0.25) is 4.57 Å². The van der Waals surface area contributed by atoms with Gasteiger partial charge in [-0.05, 0) is 48.9 Å². The SMILES string of the molecule is CCOc1ccc(N=c2scc(-c3ccccc3)n2-c2ccccc2)cc1. The maximum atomic E-state index is 5.52. The lowest BCUT2D eigenvalue weighted by atomic mass is 10.1. The van der Waals surface area contributed by atoms with Crippen LogP contribution in [0.3, 0.4) is 0 Å². The van der Waals surface area contributed by atoms with Gasteiger partial charge in [0.05, 0.1) is 18.0 Å². The molecule has 3 nitrogen and oxygen atoms in total. The van der Waals surface area contributed by atoms with E-state index in [2.05, 4.69) is 58.5 Å². The summed E-state index contributed by atoms with van der Waals surface area (Å²) in [5.41, 5.74) is 4.31. The molecule has 4 heteroatoms. The van der Waals surface area contributed by atoms with Crippen LogP contribution in [0.4, 0.5) is 5.69 Å². The van der Waals surface area contributed by atoms with Crippen LogP contribution in [0.1, 0.15) is 6.92 Å². The minimum Gasteiger partial charge on any atom is -0.494 e. The molecule has 4 aromatic rings. The van der Waals surface area contributed by atoms with Crippen LogP contribution in [0.5, 0.6) is 5.75 Å². The number of nitrogens with zero attached hydrogens (tertiary/aromatic N) is 2. The van der Waals surface area contributed by atoms with Crippen molar-refractivity contribution in [2.75, 3.05) is 6.61 Å². The highest BCUT2D eigenvalue weighted by Crippen LogP contribution is 2.24. The zero-order valence-corrected chi connectivity index (χ0v) is 15.9. The molecule has 27 heavy (non-hydrogen) atoms. The van der Waals surface area contributed by atoms with Crippen LogP contribution in [0.25, 0.3) is 16.9 Å². The lowest BCUT2D eigenvalue weighted by Crippen LogP contribution is -2.13. The molecule has 0 aliphatic heterocycles. The van der Waals surface area contributed by atoms with E-state index in [4.69, 9.17) is 9.73 Å². The van der Waals surface area contributed by atoms with E-state index in [-0.39, 0.29) is 0 Å². The maximum absolute atomic E-state index is 5.52. The average molecular weight is 372 g/mol. The van der Waals surface area contributed by atoms with Gasteiger partial charge >= 0.3 is 0 Å². The van der Waals surface area contributed by atoms with E-state index in [1.165, 1.54) is 5.56 Å². The van der Waals surface area contributed by atoms with Crippen molar-refractivity contribution >= 4 is 17.0 Å². The van der Waals surface area contributed by atoms with Crippen LogP contribution in [-0.4, -0.2) is 11.2 Å². The first-order valence-electron chi connectivity index (χ1n) is 8.94. The Morgan fingerprint density at radius 2 is 1.52 bits per heavy atom. The number of hydrogen-bond donors (Lipinski definition) is 0. The lowest BCUT2D eigenvalue weighted by molar-refractivity contribution is 0.340. The van der Waals surface area contributed by atoms with Crippen LogP contribution in [0, 0.1) is 0 Å². The summed E-state index contributed by atoms with van der Waals surface area (Å²) in [5, 5.41) is 2.16. The Bertz CT molecular complexity index is 1060. The Balaban J connectivity index is 1.85. The van der Waals surface area contributed by atoms with E-state index >= 15 is 0 Å². The number of aromatic nitrogens is 1. The zero-order chi connectivity index (χ0) is 18.5. The van der Waals surface area contributed by atoms with Crippen LogP contribution in [0.15, 0.2) is 95.3 Å². The zero-order valence-electron chi connectivity index (χ0n) is 15.1. The van der Waals surface area contributed by atoms with Gasteiger partial charge in [0.1, 0.15) is 5.75 Å². The molecule has 0 radical (unpaired) electrons. The third-order valence-electron chi connectivity index (χ3n) is 4.16. The molecule has 4 rings (SSSR count). The topological polar surface area (TPSA) is 26.5 Å². The third kappa shape index (κ3) is 3.86. The van der Waals surface area contributed by atoms with Gasteiger partial charge in [0.25, 0.3) is 0 Å². The van der Waals surface area contributed by atoms with E-state index in [0.29, 0.717) is 6.61 Å². The summed E-state index contributed by atoms with van der Waals surface area (Å²) in [4.78, 5) is 5.83. The van der Waals surface area contributed by atoms with Crippen LogP contribution >= 0.6 is 11.3 Å². The number of ether oxygens (including phenoxy) is 1. The van der Waals surface area contributed by atoms with Gasteiger partial charge in [0.2, 0.25) is 0 Å². The normalized spacial score (nSPS) is 11.5. The Morgan fingerprint density at radius 1 is 0.852 bits per heavy atom. The molecule has 0 saturated carbocycles. The second-order valence-electron chi connectivity index (χ2n) is 5.98. The summed E-state index contributed by atoms with van der Waals surface area (Å²) in [6.07, 6.45) is 0. The van der Waals surface area contributed by atoms with Crippen molar-refractivity contribution in [3.05, 3.63) is 95.1 Å². The molecule has 0 fully saturated rings. The maximum Gasteiger partial charge on any atom is 0.195 e. The summed E-state index contributed by atoms with van der Waals surface area (Å²) in [6.45, 7) is 2.65. The fourth-order valence-corrected chi connectivity index (χ4v) is 3.85. The van der Waals surface area contributed by atoms with Crippen molar-refractivity contribution in [2.24, 2.45) is 4.99 Å². The molecule has 0 unspecified atom stereocenters. The smallest absolute Gasteiger partial charge is 0.195 e. The molecule has 0 bridgehead atoms. The first-order chi connectivity index (χ1) is 13.3. The molecule has 1 aromatic heterocycles. The predicted octanol–water partition coefficient (Wildman–Crippen LogP) is 5.84. The third-order valence-corrected chi connectivity index (χ3v) is 4.99. The number of thiazole rings is 1. The van der Waals surface area contributed by atoms with Crippen LogP contribution in [0.2, 0.25) is 0 Å². The Hall–Kier alpha value is -3.11. The molecule has 0 saturated heterocycles. The van der Waals surface area contributed by atoms with Crippen molar-refractivity contribution in [1.29, 1.82) is 0 Å². The molecule has 134 valence electrons. The molecular formula is C23H20N2OS. The minimum atomic E-state index is 0.663. The number of para-hydroxylation sites is 1. The highest BCUT2D eigenvalue weighted by atomic mass is 32.1. The summed E-state index contributed by atoms with van der Waals surface area (Å²) in [5.74, 6) is 0.864. The van der Waals surface area contributed by atoms with Gasteiger partial charge in [0, 0.05) is 11.1 Å². The van der Waals surface area contributed by atoms with Gasteiger partial charge in [-0.1, -0.05) is 48.5 Å². The Labute approximate surface area is 162 Å². The first-order valence-corrected chi connectivity index (χ1v) is 9.82. The average Bonchev–Trinajstić information content (AvgIpc) is 3.14. The van der Waals surface area contributed by atoms with Crippen molar-refractivity contribution in [3.63, 3.8) is 0 Å². The Morgan fingerprint density at radius 3 is 2.19 bits per heavy atom. The monoisotopic (exact) mass is 372 g/mol. The Kier molecular flexibility index (Phi) is 5.17. The predicted molar refractivity (Wildman–Crippen MR) is 112 cm³/mol. The summed E-state index contributed by atoms with van der Waals surface area (Å²) in [6, 6.07) is 28.7. The van der Waals surface area contributed by atoms with E-state index < -0.39 is 0 Å². The molecule has 3 aromatic carbocycles. The molecule has 0 atom stereocenters. The molecule has 1 heterocycles. The van der Waals surface area contributed by atoms with Crippen molar-refractivity contribution in [2.45, 2.75) is 6.92 Å². The molecule has 0 spiro atoms. The fraction of sp³-hybridized carbons (Fsp3) is 0.0870. The van der Waals surface area contributed by atoms with Crippen molar-refractivity contribution < 1.29 is 4.74 Å². The van der Waals surface area contributed by atoms with Gasteiger partial charge < -0.3 is 4.74 Å². The van der Waals surface area contributed by atoms with E-state index in [1.54, 1.807) is 11.3 Å². The number of hydrogen-bond acceptors (Lipinski definition) is 3. The van der Waals surface area contributed by atoms with Gasteiger partial charge in [-0.2, -0.15) is 0 Å². The van der Waals surface area contributed by atoms with Gasteiger partial charge in [-0.15, -0.1) is 11.3 Å². The van der Waals surface area contributed by atoms with Crippen molar-refractivity contribution in [3.8, 4) is 22.7 Å². The largest absolute Gasteiger partial charge is 0.494 e. The van der Waals surface area contributed by atoms with Crippen molar-refractivity contribution in [1.82, 2.24) is 4.57 Å². The second-order valence-corrected chi connectivity index (χ2v) is 6.82.